The van der Waals surface area contributed by atoms with E-state index in [1.807, 2.05) is 27.7 Å². The zero-order chi connectivity index (χ0) is 15.8. The Morgan fingerprint density at radius 2 is 1.40 bits per heavy atom. The molecule has 0 aromatic heterocycles. The Hall–Kier alpha value is -1.10. The van der Waals surface area contributed by atoms with Crippen LogP contribution in [0.15, 0.2) is 0 Å². The van der Waals surface area contributed by atoms with Crippen LogP contribution in [-0.4, -0.2) is 37.9 Å². The molecule has 0 aliphatic heterocycles. The molecule has 0 bridgehead atoms. The molecule has 0 saturated heterocycles. The Morgan fingerprint density at radius 1 is 0.950 bits per heavy atom. The number of hydrogen-bond donors (Lipinski definition) is 0. The van der Waals surface area contributed by atoms with E-state index >= 15 is 0 Å². The van der Waals surface area contributed by atoms with Crippen LogP contribution >= 0.6 is 0 Å². The highest BCUT2D eigenvalue weighted by atomic mass is 16.6. The van der Waals surface area contributed by atoms with Gasteiger partial charge in [0.15, 0.2) is 5.41 Å². The third-order valence-corrected chi connectivity index (χ3v) is 3.21. The van der Waals surface area contributed by atoms with Crippen molar-refractivity contribution in [1.82, 2.24) is 0 Å². The molecule has 5 nitrogen and oxygen atoms in total. The highest BCUT2D eigenvalue weighted by Crippen LogP contribution is 2.35. The SMILES string of the molecule is CCOC(=O)C(CCOC(C)C)(C(=O)OCC)C(C)C. The molecule has 0 amide bonds. The zero-order valence-electron chi connectivity index (χ0n) is 13.5. The van der Waals surface area contributed by atoms with Gasteiger partial charge in [0.1, 0.15) is 0 Å². The Kier molecular flexibility index (Phi) is 8.46. The second-order valence-corrected chi connectivity index (χ2v) is 5.24. The van der Waals surface area contributed by atoms with Crippen LogP contribution in [0, 0.1) is 11.3 Å². The van der Waals surface area contributed by atoms with Crippen LogP contribution in [0.3, 0.4) is 0 Å². The Bertz CT molecular complexity index is 291. The predicted molar refractivity (Wildman–Crippen MR) is 76.2 cm³/mol. The van der Waals surface area contributed by atoms with E-state index in [1.165, 1.54) is 0 Å². The topological polar surface area (TPSA) is 61.8 Å². The van der Waals surface area contributed by atoms with Crippen LogP contribution in [0.25, 0.3) is 0 Å². The molecule has 0 aliphatic rings. The summed E-state index contributed by atoms with van der Waals surface area (Å²) in [7, 11) is 0. The standard InChI is InChI=1S/C15H28O5/c1-7-18-13(16)15(11(3)4,14(17)19-8-2)9-10-20-12(5)6/h11-12H,7-10H2,1-6H3. The highest BCUT2D eigenvalue weighted by molar-refractivity contribution is 6.00. The van der Waals surface area contributed by atoms with Gasteiger partial charge in [-0.25, -0.2) is 0 Å². The minimum atomic E-state index is -1.29. The van der Waals surface area contributed by atoms with Crippen molar-refractivity contribution in [3.63, 3.8) is 0 Å². The fraction of sp³-hybridized carbons (Fsp3) is 0.867. The number of hydrogen-bond acceptors (Lipinski definition) is 5. The van der Waals surface area contributed by atoms with E-state index in [9.17, 15) is 9.59 Å². The molecule has 0 N–H and O–H groups in total. The van der Waals surface area contributed by atoms with Crippen molar-refractivity contribution in [3.8, 4) is 0 Å². The lowest BCUT2D eigenvalue weighted by atomic mass is 9.74. The molecule has 5 heteroatoms. The van der Waals surface area contributed by atoms with Gasteiger partial charge >= 0.3 is 11.9 Å². The van der Waals surface area contributed by atoms with Gasteiger partial charge in [0.05, 0.1) is 19.3 Å². The van der Waals surface area contributed by atoms with Gasteiger partial charge in [-0.3, -0.25) is 9.59 Å². The molecule has 0 unspecified atom stereocenters. The number of ether oxygens (including phenoxy) is 3. The summed E-state index contributed by atoms with van der Waals surface area (Å²) in [5.74, 6) is -1.28. The molecule has 0 heterocycles. The van der Waals surface area contributed by atoms with Gasteiger partial charge in [-0.1, -0.05) is 13.8 Å². The van der Waals surface area contributed by atoms with E-state index in [0.717, 1.165) is 0 Å². The van der Waals surface area contributed by atoms with Crippen molar-refractivity contribution in [1.29, 1.82) is 0 Å². The highest BCUT2D eigenvalue weighted by Gasteiger charge is 2.51. The van der Waals surface area contributed by atoms with Crippen molar-refractivity contribution < 1.29 is 23.8 Å². The molecule has 0 aromatic carbocycles. The summed E-state index contributed by atoms with van der Waals surface area (Å²) < 4.78 is 15.7. The van der Waals surface area contributed by atoms with Gasteiger partial charge in [0.2, 0.25) is 0 Å². The first-order valence-corrected chi connectivity index (χ1v) is 7.28. The second-order valence-electron chi connectivity index (χ2n) is 5.24. The number of carbonyl (C=O) groups is 2. The van der Waals surface area contributed by atoms with Gasteiger partial charge in [-0.05, 0) is 40.0 Å². The molecule has 0 radical (unpaired) electrons. The fourth-order valence-corrected chi connectivity index (χ4v) is 2.02. The normalized spacial score (nSPS) is 11.8. The van der Waals surface area contributed by atoms with Crippen molar-refractivity contribution in [2.75, 3.05) is 19.8 Å². The molecule has 118 valence electrons. The molecule has 20 heavy (non-hydrogen) atoms. The van der Waals surface area contributed by atoms with Gasteiger partial charge in [0.25, 0.3) is 0 Å². The monoisotopic (exact) mass is 288 g/mol. The zero-order valence-corrected chi connectivity index (χ0v) is 13.5. The minimum Gasteiger partial charge on any atom is -0.465 e. The molecule has 0 rings (SSSR count). The average Bonchev–Trinajstić information content (AvgIpc) is 2.34. The minimum absolute atomic E-state index is 0.0456. The molecule has 0 atom stereocenters. The predicted octanol–water partition coefficient (Wildman–Crippen LogP) is 2.57. The fourth-order valence-electron chi connectivity index (χ4n) is 2.02. The molecule has 0 aromatic rings. The first-order valence-electron chi connectivity index (χ1n) is 7.28. The Balaban J connectivity index is 5.22. The van der Waals surface area contributed by atoms with Crippen LogP contribution in [0.1, 0.15) is 48.0 Å². The maximum Gasteiger partial charge on any atom is 0.323 e. The van der Waals surface area contributed by atoms with Crippen LogP contribution < -0.4 is 0 Å². The molecule has 0 spiro atoms. The number of carbonyl (C=O) groups excluding carboxylic acids is 2. The lowest BCUT2D eigenvalue weighted by molar-refractivity contribution is -0.178. The van der Waals surface area contributed by atoms with E-state index in [2.05, 4.69) is 0 Å². The maximum atomic E-state index is 12.3. The lowest BCUT2D eigenvalue weighted by Gasteiger charge is -2.32. The number of esters is 2. The van der Waals surface area contributed by atoms with Gasteiger partial charge in [-0.15, -0.1) is 0 Å². The Morgan fingerprint density at radius 3 is 1.70 bits per heavy atom. The van der Waals surface area contributed by atoms with Crippen LogP contribution in [-0.2, 0) is 23.8 Å². The quantitative estimate of drug-likeness (QED) is 0.482. The average molecular weight is 288 g/mol. The molecule has 0 fully saturated rings. The van der Waals surface area contributed by atoms with Crippen molar-refractivity contribution >= 4 is 11.9 Å². The third-order valence-electron chi connectivity index (χ3n) is 3.21. The van der Waals surface area contributed by atoms with E-state index in [1.54, 1.807) is 13.8 Å². The Labute approximate surface area is 122 Å². The van der Waals surface area contributed by atoms with E-state index < -0.39 is 17.4 Å². The summed E-state index contributed by atoms with van der Waals surface area (Å²) in [6.07, 6.45) is 0.310. The van der Waals surface area contributed by atoms with Crippen LogP contribution in [0.4, 0.5) is 0 Å². The summed E-state index contributed by atoms with van der Waals surface area (Å²) in [6.45, 7) is 11.7. The van der Waals surface area contributed by atoms with Crippen LogP contribution in [0.5, 0.6) is 0 Å². The van der Waals surface area contributed by atoms with Crippen molar-refractivity contribution in [2.24, 2.45) is 11.3 Å². The van der Waals surface area contributed by atoms with Gasteiger partial charge in [-0.2, -0.15) is 0 Å². The van der Waals surface area contributed by atoms with Gasteiger partial charge in [0, 0.05) is 6.61 Å². The third kappa shape index (κ3) is 4.78. The first-order chi connectivity index (χ1) is 9.32. The molecular formula is C15H28O5. The summed E-state index contributed by atoms with van der Waals surface area (Å²) in [4.78, 5) is 24.6. The smallest absolute Gasteiger partial charge is 0.323 e. The van der Waals surface area contributed by atoms with Gasteiger partial charge < -0.3 is 14.2 Å². The summed E-state index contributed by atoms with van der Waals surface area (Å²) in [5, 5.41) is 0. The van der Waals surface area contributed by atoms with Crippen LogP contribution in [0.2, 0.25) is 0 Å². The molecular weight excluding hydrogens is 260 g/mol. The maximum absolute atomic E-state index is 12.3. The molecule has 0 aliphatic carbocycles. The van der Waals surface area contributed by atoms with E-state index in [0.29, 0.717) is 6.61 Å². The largest absolute Gasteiger partial charge is 0.465 e. The second kappa shape index (κ2) is 8.95. The first kappa shape index (κ1) is 18.9. The van der Waals surface area contributed by atoms with E-state index in [4.69, 9.17) is 14.2 Å². The van der Waals surface area contributed by atoms with Crippen molar-refractivity contribution in [3.05, 3.63) is 0 Å². The number of rotatable bonds is 9. The summed E-state index contributed by atoms with van der Waals surface area (Å²) >= 11 is 0. The lowest BCUT2D eigenvalue weighted by Crippen LogP contribution is -2.47. The van der Waals surface area contributed by atoms with E-state index in [-0.39, 0.29) is 31.7 Å². The summed E-state index contributed by atoms with van der Waals surface area (Å²) in [5.41, 5.74) is -1.29. The summed E-state index contributed by atoms with van der Waals surface area (Å²) in [6, 6.07) is 0. The van der Waals surface area contributed by atoms with Crippen molar-refractivity contribution in [2.45, 2.75) is 54.1 Å². The molecule has 0 saturated carbocycles.